The second kappa shape index (κ2) is 6.53. The number of pyridine rings is 1. The van der Waals surface area contributed by atoms with Crippen LogP contribution in [0.4, 0.5) is 0 Å². The van der Waals surface area contributed by atoms with Gasteiger partial charge in [0.05, 0.1) is 10.1 Å². The molecule has 3 aromatic rings. The minimum Gasteiger partial charge on any atom is -0.352 e. The number of nitrogens with zero attached hydrogens (tertiary/aromatic N) is 2. The fourth-order valence-electron chi connectivity index (χ4n) is 2.16. The fourth-order valence-corrected chi connectivity index (χ4v) is 3.15. The molecule has 2 aromatic heterocycles. The van der Waals surface area contributed by atoms with Crippen LogP contribution in [0, 0.1) is 0 Å². The number of hydrogen-bond donors (Lipinski definition) is 1. The van der Waals surface area contributed by atoms with Crippen molar-refractivity contribution < 1.29 is 4.79 Å². The highest BCUT2D eigenvalue weighted by Crippen LogP contribution is 2.15. The third kappa shape index (κ3) is 3.23. The van der Waals surface area contributed by atoms with Crippen molar-refractivity contribution in [3.8, 4) is 0 Å². The maximum atomic E-state index is 12.2. The summed E-state index contributed by atoms with van der Waals surface area (Å²) in [7, 11) is 0. The number of carbonyl (C=O) groups is 1. The Morgan fingerprint density at radius 1 is 1.18 bits per heavy atom. The van der Waals surface area contributed by atoms with Gasteiger partial charge >= 0.3 is 0 Å². The highest BCUT2D eigenvalue weighted by Gasteiger charge is 2.08. The summed E-state index contributed by atoms with van der Waals surface area (Å²) in [5, 5.41) is 3.56. The van der Waals surface area contributed by atoms with Gasteiger partial charge < -0.3 is 5.32 Å². The monoisotopic (exact) mass is 313 g/mol. The molecule has 22 heavy (non-hydrogen) atoms. The second-order valence-electron chi connectivity index (χ2n) is 4.88. The number of amides is 1. The molecule has 112 valence electrons. The van der Waals surface area contributed by atoms with Crippen LogP contribution in [0.5, 0.6) is 0 Å². The van der Waals surface area contributed by atoms with Gasteiger partial charge in [0.15, 0.2) is 0 Å². The fraction of sp³-hybridized carbons (Fsp3) is 0.188. The number of aromatic nitrogens is 2. The lowest BCUT2D eigenvalue weighted by Crippen LogP contribution is -2.25. The minimum atomic E-state index is -0.0684. The van der Waals surface area contributed by atoms with Gasteiger partial charge in [-0.3, -0.25) is 18.5 Å². The summed E-state index contributed by atoms with van der Waals surface area (Å²) in [5.74, 6) is -0.0684. The van der Waals surface area contributed by atoms with Gasteiger partial charge in [0.1, 0.15) is 0 Å². The minimum absolute atomic E-state index is 0.0254. The van der Waals surface area contributed by atoms with E-state index in [1.54, 1.807) is 16.4 Å². The summed E-state index contributed by atoms with van der Waals surface area (Å²) in [6, 6.07) is 11.2. The van der Waals surface area contributed by atoms with Crippen LogP contribution in [0.1, 0.15) is 12.0 Å². The maximum absolute atomic E-state index is 12.2. The van der Waals surface area contributed by atoms with Crippen molar-refractivity contribution in [3.63, 3.8) is 0 Å². The van der Waals surface area contributed by atoms with E-state index in [4.69, 9.17) is 0 Å². The molecule has 0 aliphatic rings. The Balaban J connectivity index is 1.58. The van der Waals surface area contributed by atoms with Crippen molar-refractivity contribution >= 4 is 27.5 Å². The Morgan fingerprint density at radius 2 is 1.95 bits per heavy atom. The Labute approximate surface area is 131 Å². The lowest BCUT2D eigenvalue weighted by atomic mass is 10.2. The number of hydrogen-bond acceptors (Lipinski definition) is 4. The van der Waals surface area contributed by atoms with Crippen molar-refractivity contribution in [2.75, 3.05) is 0 Å². The average molecular weight is 313 g/mol. The Kier molecular flexibility index (Phi) is 4.29. The van der Waals surface area contributed by atoms with Gasteiger partial charge in [-0.25, -0.2) is 0 Å². The van der Waals surface area contributed by atoms with Crippen LogP contribution < -0.4 is 10.9 Å². The molecule has 0 atom stereocenters. The number of nitrogens with one attached hydrogen (secondary N) is 1. The van der Waals surface area contributed by atoms with E-state index in [-0.39, 0.29) is 17.9 Å². The molecule has 0 saturated carbocycles. The molecule has 0 aliphatic carbocycles. The first-order valence-corrected chi connectivity index (χ1v) is 7.76. The summed E-state index contributed by atoms with van der Waals surface area (Å²) in [4.78, 5) is 28.0. The molecule has 0 fully saturated rings. The summed E-state index contributed by atoms with van der Waals surface area (Å²) >= 11 is 1.40. The molecule has 0 aliphatic heterocycles. The summed E-state index contributed by atoms with van der Waals surface area (Å²) in [6.07, 6.45) is 3.67. The molecule has 0 saturated heterocycles. The van der Waals surface area contributed by atoms with Crippen molar-refractivity contribution in [1.82, 2.24) is 14.3 Å². The van der Waals surface area contributed by atoms with Gasteiger partial charge in [-0.05, 0) is 29.8 Å². The van der Waals surface area contributed by atoms with Gasteiger partial charge in [-0.1, -0.05) is 23.7 Å². The zero-order valence-electron chi connectivity index (χ0n) is 11.9. The topological polar surface area (TPSA) is 64.0 Å². The molecule has 1 aromatic carbocycles. The first-order chi connectivity index (χ1) is 10.7. The summed E-state index contributed by atoms with van der Waals surface area (Å²) in [6.45, 7) is 0.878. The van der Waals surface area contributed by atoms with Crippen molar-refractivity contribution in [3.05, 3.63) is 64.7 Å². The SMILES string of the molecule is O=C(CCn1sc2ccccc2c1=O)NCc1ccncc1. The van der Waals surface area contributed by atoms with Gasteiger partial charge in [0, 0.05) is 31.9 Å². The van der Waals surface area contributed by atoms with E-state index in [0.29, 0.717) is 18.5 Å². The average Bonchev–Trinajstić information content (AvgIpc) is 2.88. The van der Waals surface area contributed by atoms with Crippen LogP contribution in [0.3, 0.4) is 0 Å². The van der Waals surface area contributed by atoms with Crippen LogP contribution in [0.2, 0.25) is 0 Å². The Hall–Kier alpha value is -2.47. The molecule has 0 radical (unpaired) electrons. The smallest absolute Gasteiger partial charge is 0.268 e. The predicted octanol–water partition coefficient (Wildman–Crippen LogP) is 2.16. The molecular formula is C16H15N3O2S. The van der Waals surface area contributed by atoms with Crippen LogP contribution >= 0.6 is 11.5 Å². The third-order valence-corrected chi connectivity index (χ3v) is 4.45. The van der Waals surface area contributed by atoms with Crippen molar-refractivity contribution in [2.24, 2.45) is 0 Å². The third-order valence-electron chi connectivity index (χ3n) is 3.33. The maximum Gasteiger partial charge on any atom is 0.268 e. The van der Waals surface area contributed by atoms with E-state index in [0.717, 1.165) is 10.3 Å². The van der Waals surface area contributed by atoms with Gasteiger partial charge in [-0.15, -0.1) is 0 Å². The molecule has 3 rings (SSSR count). The van der Waals surface area contributed by atoms with E-state index in [1.807, 2.05) is 36.4 Å². The van der Waals surface area contributed by atoms with Crippen LogP contribution in [0.25, 0.3) is 10.1 Å². The van der Waals surface area contributed by atoms with Gasteiger partial charge in [-0.2, -0.15) is 0 Å². The quantitative estimate of drug-likeness (QED) is 0.785. The first-order valence-electron chi connectivity index (χ1n) is 6.98. The van der Waals surface area contributed by atoms with E-state index in [2.05, 4.69) is 10.3 Å². The van der Waals surface area contributed by atoms with Crippen molar-refractivity contribution in [1.29, 1.82) is 0 Å². The van der Waals surface area contributed by atoms with Gasteiger partial charge in [0.25, 0.3) is 5.56 Å². The molecule has 2 heterocycles. The molecule has 0 spiro atoms. The molecule has 0 unspecified atom stereocenters. The van der Waals surface area contributed by atoms with Crippen LogP contribution in [0.15, 0.2) is 53.6 Å². The van der Waals surface area contributed by atoms with E-state index < -0.39 is 0 Å². The van der Waals surface area contributed by atoms with E-state index in [1.165, 1.54) is 11.5 Å². The number of aryl methyl sites for hydroxylation is 1. The van der Waals surface area contributed by atoms with E-state index >= 15 is 0 Å². The second-order valence-corrected chi connectivity index (χ2v) is 5.94. The molecule has 0 bridgehead atoms. The zero-order valence-corrected chi connectivity index (χ0v) is 12.7. The van der Waals surface area contributed by atoms with Crippen LogP contribution in [-0.2, 0) is 17.9 Å². The predicted molar refractivity (Wildman–Crippen MR) is 86.8 cm³/mol. The van der Waals surface area contributed by atoms with E-state index in [9.17, 15) is 9.59 Å². The highest BCUT2D eigenvalue weighted by atomic mass is 32.1. The summed E-state index contributed by atoms with van der Waals surface area (Å²) < 4.78 is 2.58. The first kappa shape index (κ1) is 14.5. The summed E-state index contributed by atoms with van der Waals surface area (Å²) in [5.41, 5.74) is 0.977. The molecule has 6 heteroatoms. The standard InChI is InChI=1S/C16H15N3O2S/c20-15(18-11-12-5-8-17-9-6-12)7-10-19-16(21)13-3-1-2-4-14(13)22-19/h1-6,8-9H,7,10-11H2,(H,18,20). The molecule has 1 N–H and O–H groups in total. The van der Waals surface area contributed by atoms with Crippen LogP contribution in [-0.4, -0.2) is 14.8 Å². The zero-order chi connectivity index (χ0) is 15.4. The molecule has 1 amide bonds. The largest absolute Gasteiger partial charge is 0.352 e. The molecule has 5 nitrogen and oxygen atoms in total. The van der Waals surface area contributed by atoms with Crippen molar-refractivity contribution in [2.45, 2.75) is 19.5 Å². The highest BCUT2D eigenvalue weighted by molar-refractivity contribution is 7.13. The normalized spacial score (nSPS) is 10.7. The lowest BCUT2D eigenvalue weighted by molar-refractivity contribution is -0.121. The van der Waals surface area contributed by atoms with Gasteiger partial charge in [0.2, 0.25) is 5.91 Å². The number of rotatable bonds is 5. The Bertz CT molecular complexity index is 839. The number of benzene rings is 1. The number of carbonyl (C=O) groups excluding carboxylic acids is 1. The number of fused-ring (bicyclic) bond motifs is 1. The molecular weight excluding hydrogens is 298 g/mol. The Morgan fingerprint density at radius 3 is 2.73 bits per heavy atom. The lowest BCUT2D eigenvalue weighted by Gasteiger charge is -2.05.